The Morgan fingerprint density at radius 2 is 2.50 bits per heavy atom. The minimum Gasteiger partial charge on any atom is -0.339 e. The third-order valence-electron chi connectivity index (χ3n) is 0.234. The van der Waals surface area contributed by atoms with Crippen LogP contribution in [0.1, 0.15) is 0 Å². The van der Waals surface area contributed by atoms with Crippen molar-refractivity contribution in [3.63, 3.8) is 0 Å². The second-order valence-corrected chi connectivity index (χ2v) is 1.39. The topological polar surface area (TPSA) is 35.2 Å². The number of thiol groups is 1. The summed E-state index contributed by atoms with van der Waals surface area (Å²) >= 11 is 8.69. The lowest BCUT2D eigenvalue weighted by molar-refractivity contribution is 0.161. The Labute approximate surface area is 47.0 Å². The Hall–Kier alpha value is 0.560. The first kappa shape index (κ1) is 6.56. The zero-order chi connectivity index (χ0) is 4.99. The molecule has 1 atom stereocenters. The van der Waals surface area contributed by atoms with Gasteiger partial charge in [0, 0.05) is 0 Å². The van der Waals surface area contributed by atoms with Crippen LogP contribution in [0, 0.1) is 0 Å². The van der Waals surface area contributed by atoms with Crippen molar-refractivity contribution in [3.05, 3.63) is 0 Å². The third-order valence-corrected chi connectivity index (χ3v) is 0.509. The minimum absolute atomic E-state index is 0.102. The number of alkyl halides is 1. The average molecular weight is 128 g/mol. The molecule has 0 aliphatic carbocycles. The molecule has 0 aromatic rings. The predicted octanol–water partition coefficient (Wildman–Crippen LogP) is 0.371. The molecule has 0 saturated heterocycles. The molecule has 0 bridgehead atoms. The fraction of sp³-hybridized carbons (Fsp3) is 1.00. The van der Waals surface area contributed by atoms with Crippen molar-refractivity contribution in [2.24, 2.45) is 5.73 Å². The van der Waals surface area contributed by atoms with Crippen LogP contribution in [-0.2, 0) is 4.74 Å². The lowest BCUT2D eigenvalue weighted by atomic mass is 11.3. The van der Waals surface area contributed by atoms with Gasteiger partial charge >= 0.3 is 0 Å². The summed E-state index contributed by atoms with van der Waals surface area (Å²) in [6, 6.07) is 0.102. The molecule has 0 heterocycles. The van der Waals surface area contributed by atoms with Gasteiger partial charge in [0.05, 0.1) is 0 Å². The molecule has 0 aromatic carbocycles. The molecule has 0 aliphatic heterocycles. The van der Waals surface area contributed by atoms with Crippen molar-refractivity contribution in [2.75, 3.05) is 6.07 Å². The average Bonchev–Trinajstić information content (AvgIpc) is 1.35. The zero-order valence-corrected chi connectivity index (χ0v) is 4.75. The van der Waals surface area contributed by atoms with E-state index in [1.54, 1.807) is 0 Å². The van der Waals surface area contributed by atoms with Crippen LogP contribution < -0.4 is 5.73 Å². The van der Waals surface area contributed by atoms with E-state index in [9.17, 15) is 0 Å². The van der Waals surface area contributed by atoms with Crippen LogP contribution in [0.4, 0.5) is 0 Å². The summed E-state index contributed by atoms with van der Waals surface area (Å²) in [6.07, 6.45) is 0. The number of ether oxygens (including phenoxy) is 1. The Kier molecular flexibility index (Phi) is 4.09. The molecule has 0 spiro atoms. The maximum absolute atomic E-state index is 5.05. The zero-order valence-electron chi connectivity index (χ0n) is 3.10. The van der Waals surface area contributed by atoms with E-state index in [0.29, 0.717) is 0 Å². The molecule has 6 heavy (non-hydrogen) atoms. The van der Waals surface area contributed by atoms with Gasteiger partial charge < -0.3 is 4.74 Å². The van der Waals surface area contributed by atoms with Gasteiger partial charge in [0.2, 0.25) is 0 Å². The van der Waals surface area contributed by atoms with Gasteiger partial charge in [0.15, 0.2) is 5.56 Å². The van der Waals surface area contributed by atoms with Crippen molar-refractivity contribution >= 4 is 24.2 Å². The van der Waals surface area contributed by atoms with Gasteiger partial charge in [-0.2, -0.15) is 0 Å². The second kappa shape index (κ2) is 3.74. The second-order valence-electron chi connectivity index (χ2n) is 0.666. The fourth-order valence-corrected chi connectivity index (χ4v) is 0.363. The first-order valence-electron chi connectivity index (χ1n) is 1.38. The summed E-state index contributed by atoms with van der Waals surface area (Å²) in [5, 5.41) is 0. The summed E-state index contributed by atoms with van der Waals surface area (Å²) in [6.45, 7) is 0. The number of hydrogen-bond acceptors (Lipinski definition) is 3. The molecule has 0 unspecified atom stereocenters. The Bertz CT molecular complexity index is 34.7. The highest BCUT2D eigenvalue weighted by molar-refractivity contribution is 7.80. The van der Waals surface area contributed by atoms with E-state index in [1.807, 2.05) is 0 Å². The van der Waals surface area contributed by atoms with E-state index in [0.717, 1.165) is 0 Å². The standard InChI is InChI=1S/C2H6ClNOS/c3-1-5-2(4)6/h2,6H,1,4H2/t2-/m1/s1. The largest absolute Gasteiger partial charge is 0.339 e. The molecule has 0 saturated carbocycles. The van der Waals surface area contributed by atoms with Gasteiger partial charge in [0.1, 0.15) is 6.07 Å². The van der Waals surface area contributed by atoms with Crippen molar-refractivity contribution in [1.82, 2.24) is 0 Å². The number of hydrogen-bond donors (Lipinski definition) is 2. The Morgan fingerprint density at radius 1 is 2.00 bits per heavy atom. The van der Waals surface area contributed by atoms with Crippen molar-refractivity contribution in [1.29, 1.82) is 0 Å². The van der Waals surface area contributed by atoms with Crippen LogP contribution in [-0.4, -0.2) is 11.6 Å². The van der Waals surface area contributed by atoms with Gasteiger partial charge in [-0.25, -0.2) is 0 Å². The third kappa shape index (κ3) is 4.56. The molecule has 0 fully saturated rings. The first-order chi connectivity index (χ1) is 2.77. The minimum atomic E-state index is -0.539. The SMILES string of the molecule is N[C@@H](S)OCCl. The normalized spacial score (nSPS) is 14.5. The summed E-state index contributed by atoms with van der Waals surface area (Å²) in [7, 11) is 0. The smallest absolute Gasteiger partial charge is 0.152 e. The molecule has 0 aromatic heterocycles. The van der Waals surface area contributed by atoms with Crippen molar-refractivity contribution in [2.45, 2.75) is 5.56 Å². The maximum atomic E-state index is 5.05. The molecular weight excluding hydrogens is 122 g/mol. The van der Waals surface area contributed by atoms with Crippen molar-refractivity contribution in [3.8, 4) is 0 Å². The highest BCUT2D eigenvalue weighted by atomic mass is 35.5. The number of rotatable bonds is 2. The molecule has 2 N–H and O–H groups in total. The lowest BCUT2D eigenvalue weighted by Crippen LogP contribution is -2.14. The van der Waals surface area contributed by atoms with Gasteiger partial charge in [-0.05, 0) is 0 Å². The van der Waals surface area contributed by atoms with Crippen molar-refractivity contribution < 1.29 is 4.74 Å². The molecule has 0 amide bonds. The molecule has 2 nitrogen and oxygen atoms in total. The highest BCUT2D eigenvalue weighted by Crippen LogP contribution is 1.87. The molecule has 38 valence electrons. The van der Waals surface area contributed by atoms with E-state index >= 15 is 0 Å². The van der Waals surface area contributed by atoms with Crippen LogP contribution in [0.15, 0.2) is 0 Å². The molecule has 0 rings (SSSR count). The summed E-state index contributed by atoms with van der Waals surface area (Å²) < 4.78 is 4.45. The summed E-state index contributed by atoms with van der Waals surface area (Å²) in [4.78, 5) is 0. The summed E-state index contributed by atoms with van der Waals surface area (Å²) in [5.41, 5.74) is 4.42. The van der Waals surface area contributed by atoms with E-state index in [-0.39, 0.29) is 6.07 Å². The predicted molar refractivity (Wildman–Crippen MR) is 28.8 cm³/mol. The van der Waals surface area contributed by atoms with E-state index in [4.69, 9.17) is 17.3 Å². The quantitative estimate of drug-likeness (QED) is 0.320. The van der Waals surface area contributed by atoms with Gasteiger partial charge in [-0.15, -0.1) is 12.6 Å². The van der Waals surface area contributed by atoms with Crippen LogP contribution >= 0.6 is 24.2 Å². The van der Waals surface area contributed by atoms with E-state index in [2.05, 4.69) is 17.4 Å². The number of nitrogens with two attached hydrogens (primary N) is 1. The Morgan fingerprint density at radius 3 is 2.50 bits per heavy atom. The lowest BCUT2D eigenvalue weighted by Gasteiger charge is -1.98. The molecule has 0 radical (unpaired) electrons. The molecular formula is C2H6ClNOS. The van der Waals surface area contributed by atoms with Crippen LogP contribution in [0.25, 0.3) is 0 Å². The van der Waals surface area contributed by atoms with Crippen LogP contribution in [0.5, 0.6) is 0 Å². The van der Waals surface area contributed by atoms with Gasteiger partial charge in [-0.3, -0.25) is 5.73 Å². The highest BCUT2D eigenvalue weighted by Gasteiger charge is 1.85. The maximum Gasteiger partial charge on any atom is 0.152 e. The fourth-order valence-electron chi connectivity index (χ4n) is 0.0645. The molecule has 0 aliphatic rings. The summed E-state index contributed by atoms with van der Waals surface area (Å²) in [5.74, 6) is 0. The van der Waals surface area contributed by atoms with Crippen LogP contribution in [0.3, 0.4) is 0 Å². The van der Waals surface area contributed by atoms with Gasteiger partial charge in [0.25, 0.3) is 0 Å². The van der Waals surface area contributed by atoms with E-state index < -0.39 is 5.56 Å². The first-order valence-corrected chi connectivity index (χ1v) is 2.43. The van der Waals surface area contributed by atoms with E-state index in [1.165, 1.54) is 0 Å². The number of halogens is 1. The Balaban J connectivity index is 2.63. The monoisotopic (exact) mass is 127 g/mol. The van der Waals surface area contributed by atoms with Gasteiger partial charge in [-0.1, -0.05) is 11.6 Å². The molecule has 4 heteroatoms. The van der Waals surface area contributed by atoms with Crippen LogP contribution in [0.2, 0.25) is 0 Å².